The van der Waals surface area contributed by atoms with Gasteiger partial charge in [-0.1, -0.05) is 30.3 Å². The van der Waals surface area contributed by atoms with Crippen LogP contribution in [0.2, 0.25) is 0 Å². The molecule has 1 saturated heterocycles. The number of carbonyl (C=O) groups is 2. The molecule has 1 aliphatic rings. The molecule has 4 rings (SSSR count). The Morgan fingerprint density at radius 2 is 1.87 bits per heavy atom. The van der Waals surface area contributed by atoms with Gasteiger partial charge in [-0.2, -0.15) is 0 Å². The van der Waals surface area contributed by atoms with Crippen LogP contribution >= 0.6 is 11.8 Å². The maximum absolute atomic E-state index is 11.6. The molecule has 2 N–H and O–H groups in total. The van der Waals surface area contributed by atoms with Crippen LogP contribution in [-0.4, -0.2) is 36.3 Å². The van der Waals surface area contributed by atoms with Gasteiger partial charge in [0.1, 0.15) is 11.6 Å². The van der Waals surface area contributed by atoms with Crippen molar-refractivity contribution in [3.8, 4) is 5.75 Å². The van der Waals surface area contributed by atoms with Crippen LogP contribution < -0.4 is 15.0 Å². The Hall–Kier alpha value is -3.19. The van der Waals surface area contributed by atoms with Gasteiger partial charge in [0.25, 0.3) is 11.1 Å². The molecule has 30 heavy (non-hydrogen) atoms. The fourth-order valence-electron chi connectivity index (χ4n) is 3.26. The lowest BCUT2D eigenvalue weighted by atomic mass is 10.2. The Kier molecular flexibility index (Phi) is 6.09. The zero-order valence-electron chi connectivity index (χ0n) is 16.7. The van der Waals surface area contributed by atoms with E-state index in [9.17, 15) is 9.59 Å². The minimum absolute atomic E-state index is 0.332. The molecular formula is C23H23N3O3S. The summed E-state index contributed by atoms with van der Waals surface area (Å²) in [4.78, 5) is 28.9. The molecule has 2 aromatic carbocycles. The van der Waals surface area contributed by atoms with Crippen molar-refractivity contribution >= 4 is 45.7 Å². The number of aromatic amines is 1. The summed E-state index contributed by atoms with van der Waals surface area (Å²) in [6, 6.07) is 18.0. The van der Waals surface area contributed by atoms with E-state index in [0.29, 0.717) is 11.5 Å². The number of para-hydroxylation sites is 1. The number of aromatic nitrogens is 1. The minimum Gasteiger partial charge on any atom is -0.494 e. The smallest absolute Gasteiger partial charge is 0.290 e. The first-order valence-electron chi connectivity index (χ1n) is 9.85. The first kappa shape index (κ1) is 20.1. The SMILES string of the molecule is CN(CCCCOc1ccc(C=C2SC(=O)NC2=O)cc1)c1cc2ccccc2[nH]1. The van der Waals surface area contributed by atoms with Gasteiger partial charge in [-0.3, -0.25) is 14.9 Å². The highest BCUT2D eigenvalue weighted by Crippen LogP contribution is 2.26. The lowest BCUT2D eigenvalue weighted by Crippen LogP contribution is -2.19. The van der Waals surface area contributed by atoms with Gasteiger partial charge in [0.15, 0.2) is 0 Å². The van der Waals surface area contributed by atoms with E-state index in [0.717, 1.165) is 53.8 Å². The van der Waals surface area contributed by atoms with Gasteiger partial charge in [-0.15, -0.1) is 0 Å². The number of anilines is 1. The molecule has 2 heterocycles. The third-order valence-electron chi connectivity index (χ3n) is 4.90. The normalized spacial score (nSPS) is 15.0. The molecule has 0 aliphatic carbocycles. The molecule has 0 bridgehead atoms. The molecule has 0 radical (unpaired) electrons. The van der Waals surface area contributed by atoms with Gasteiger partial charge in [0, 0.05) is 24.5 Å². The third kappa shape index (κ3) is 4.86. The second kappa shape index (κ2) is 9.09. The summed E-state index contributed by atoms with van der Waals surface area (Å²) in [7, 11) is 2.09. The summed E-state index contributed by atoms with van der Waals surface area (Å²) in [5.41, 5.74) is 2.01. The summed E-state index contributed by atoms with van der Waals surface area (Å²) >= 11 is 0.918. The van der Waals surface area contributed by atoms with E-state index >= 15 is 0 Å². The fourth-order valence-corrected chi connectivity index (χ4v) is 3.94. The second-order valence-electron chi connectivity index (χ2n) is 7.14. The van der Waals surface area contributed by atoms with Gasteiger partial charge < -0.3 is 14.6 Å². The molecule has 1 aromatic heterocycles. The van der Waals surface area contributed by atoms with Crippen LogP contribution in [0.5, 0.6) is 5.75 Å². The molecule has 1 aliphatic heterocycles. The molecule has 7 heteroatoms. The number of amides is 2. The van der Waals surface area contributed by atoms with Crippen LogP contribution in [0.25, 0.3) is 17.0 Å². The molecule has 1 fully saturated rings. The van der Waals surface area contributed by atoms with Crippen LogP contribution in [0.1, 0.15) is 18.4 Å². The first-order valence-corrected chi connectivity index (χ1v) is 10.7. The van der Waals surface area contributed by atoms with E-state index in [2.05, 4.69) is 40.4 Å². The van der Waals surface area contributed by atoms with Crippen molar-refractivity contribution in [1.82, 2.24) is 10.3 Å². The van der Waals surface area contributed by atoms with Crippen molar-refractivity contribution in [2.75, 3.05) is 25.1 Å². The molecule has 0 unspecified atom stereocenters. The van der Waals surface area contributed by atoms with Gasteiger partial charge in [-0.05, 0) is 60.5 Å². The fraction of sp³-hybridized carbons (Fsp3) is 0.217. The molecule has 0 atom stereocenters. The standard InChI is InChI=1S/C23H23N3O3S/c1-26(21-15-17-6-2-3-7-19(17)24-21)12-4-5-13-29-18-10-8-16(9-11-18)14-20-22(27)25-23(28)30-20/h2-3,6-11,14-15,24H,4-5,12-13H2,1H3,(H,25,27,28). The van der Waals surface area contributed by atoms with Gasteiger partial charge in [0.2, 0.25) is 0 Å². The van der Waals surface area contributed by atoms with Crippen LogP contribution in [0, 0.1) is 0 Å². The van der Waals surface area contributed by atoms with E-state index in [1.165, 1.54) is 5.39 Å². The number of rotatable bonds is 8. The van der Waals surface area contributed by atoms with Gasteiger partial charge in [-0.25, -0.2) is 0 Å². The number of thioether (sulfide) groups is 1. The second-order valence-corrected chi connectivity index (χ2v) is 8.15. The van der Waals surface area contributed by atoms with Crippen LogP contribution in [-0.2, 0) is 4.79 Å². The number of unbranched alkanes of at least 4 members (excludes halogenated alkanes) is 1. The molecule has 2 amide bonds. The van der Waals surface area contributed by atoms with Crippen LogP contribution in [0.15, 0.2) is 59.5 Å². The molecule has 0 spiro atoms. The highest BCUT2D eigenvalue weighted by atomic mass is 32.2. The minimum atomic E-state index is -0.345. The zero-order valence-corrected chi connectivity index (χ0v) is 17.5. The Labute approximate surface area is 179 Å². The number of hydrogen-bond donors (Lipinski definition) is 2. The van der Waals surface area contributed by atoms with E-state index < -0.39 is 0 Å². The van der Waals surface area contributed by atoms with E-state index in [1.54, 1.807) is 6.08 Å². The summed E-state index contributed by atoms with van der Waals surface area (Å²) in [6.07, 6.45) is 3.68. The van der Waals surface area contributed by atoms with Gasteiger partial charge in [0.05, 0.1) is 11.5 Å². The number of fused-ring (bicyclic) bond motifs is 1. The van der Waals surface area contributed by atoms with Crippen molar-refractivity contribution in [1.29, 1.82) is 0 Å². The Morgan fingerprint density at radius 1 is 1.07 bits per heavy atom. The molecule has 0 saturated carbocycles. The van der Waals surface area contributed by atoms with E-state index in [-0.39, 0.29) is 11.1 Å². The molecule has 3 aromatic rings. The van der Waals surface area contributed by atoms with Gasteiger partial charge >= 0.3 is 0 Å². The predicted molar refractivity (Wildman–Crippen MR) is 122 cm³/mol. The topological polar surface area (TPSA) is 74.4 Å². The lowest BCUT2D eigenvalue weighted by Gasteiger charge is -2.17. The number of H-pyrrole nitrogens is 1. The van der Waals surface area contributed by atoms with Crippen molar-refractivity contribution in [2.45, 2.75) is 12.8 Å². The lowest BCUT2D eigenvalue weighted by molar-refractivity contribution is -0.115. The predicted octanol–water partition coefficient (Wildman–Crippen LogP) is 4.79. The number of nitrogens with one attached hydrogen (secondary N) is 2. The maximum atomic E-state index is 11.6. The largest absolute Gasteiger partial charge is 0.494 e. The third-order valence-corrected chi connectivity index (χ3v) is 5.71. The average molecular weight is 422 g/mol. The Balaban J connectivity index is 1.20. The number of nitrogens with zero attached hydrogens (tertiary/aromatic N) is 1. The van der Waals surface area contributed by atoms with Crippen molar-refractivity contribution in [2.24, 2.45) is 0 Å². The molecule has 154 valence electrons. The molecule has 6 nitrogen and oxygen atoms in total. The Morgan fingerprint density at radius 3 is 2.60 bits per heavy atom. The number of carbonyl (C=O) groups excluding carboxylic acids is 2. The summed E-state index contributed by atoms with van der Waals surface area (Å²) < 4.78 is 5.82. The monoisotopic (exact) mass is 421 g/mol. The number of ether oxygens (including phenoxy) is 1. The van der Waals surface area contributed by atoms with E-state index in [4.69, 9.17) is 4.74 Å². The van der Waals surface area contributed by atoms with E-state index in [1.807, 2.05) is 36.4 Å². The summed E-state index contributed by atoms with van der Waals surface area (Å²) in [5.74, 6) is 1.57. The zero-order chi connectivity index (χ0) is 20.9. The average Bonchev–Trinajstić information content (AvgIpc) is 3.31. The summed E-state index contributed by atoms with van der Waals surface area (Å²) in [5, 5.41) is 3.14. The number of imide groups is 1. The Bertz CT molecular complexity index is 1060. The van der Waals surface area contributed by atoms with Crippen LogP contribution in [0.4, 0.5) is 10.6 Å². The van der Waals surface area contributed by atoms with Crippen molar-refractivity contribution in [3.05, 3.63) is 65.1 Å². The number of benzene rings is 2. The maximum Gasteiger partial charge on any atom is 0.290 e. The highest BCUT2D eigenvalue weighted by Gasteiger charge is 2.24. The summed E-state index contributed by atoms with van der Waals surface area (Å²) in [6.45, 7) is 1.59. The van der Waals surface area contributed by atoms with Crippen molar-refractivity contribution in [3.63, 3.8) is 0 Å². The van der Waals surface area contributed by atoms with Crippen molar-refractivity contribution < 1.29 is 14.3 Å². The van der Waals surface area contributed by atoms with Crippen LogP contribution in [0.3, 0.4) is 0 Å². The quantitative estimate of drug-likeness (QED) is 0.404. The number of hydrogen-bond acceptors (Lipinski definition) is 5. The first-order chi connectivity index (χ1) is 14.6. The molecular weight excluding hydrogens is 398 g/mol. The highest BCUT2D eigenvalue weighted by molar-refractivity contribution is 8.18.